The number of amides is 2. The summed E-state index contributed by atoms with van der Waals surface area (Å²) in [6.45, 7) is 0. The van der Waals surface area contributed by atoms with Gasteiger partial charge in [0, 0.05) is 12.2 Å². The maximum atomic E-state index is 13.0. The number of rotatable bonds is 1. The van der Waals surface area contributed by atoms with Gasteiger partial charge in [0.1, 0.15) is 5.82 Å². The predicted molar refractivity (Wildman–Crippen MR) is 53.0 cm³/mol. The third-order valence-electron chi connectivity index (χ3n) is 2.32. The van der Waals surface area contributed by atoms with Crippen molar-refractivity contribution in [3.8, 4) is 0 Å². The molecule has 18 heavy (non-hydrogen) atoms. The summed E-state index contributed by atoms with van der Waals surface area (Å²) in [4.78, 5) is 23.1. The van der Waals surface area contributed by atoms with E-state index in [1.54, 1.807) is 0 Å². The van der Waals surface area contributed by atoms with Crippen molar-refractivity contribution in [3.05, 3.63) is 41.7 Å². The highest BCUT2D eigenvalue weighted by Crippen LogP contribution is 2.34. The lowest BCUT2D eigenvalue weighted by Gasteiger charge is -2.16. The number of anilines is 1. The zero-order valence-electron chi connectivity index (χ0n) is 8.66. The molecule has 0 spiro atoms. The Morgan fingerprint density at radius 1 is 1.00 bits per heavy atom. The minimum atomic E-state index is -4.89. The molecule has 0 unspecified atom stereocenters. The number of halogens is 4. The highest BCUT2D eigenvalue weighted by Gasteiger charge is 2.36. The lowest BCUT2D eigenvalue weighted by molar-refractivity contribution is -0.140. The van der Waals surface area contributed by atoms with Crippen molar-refractivity contribution in [2.75, 3.05) is 4.90 Å². The summed E-state index contributed by atoms with van der Waals surface area (Å²) >= 11 is 0. The fraction of sp³-hybridized carbons (Fsp3) is 0.0909. The van der Waals surface area contributed by atoms with E-state index in [1.807, 2.05) is 0 Å². The van der Waals surface area contributed by atoms with Crippen molar-refractivity contribution >= 4 is 17.5 Å². The molecule has 0 aliphatic carbocycles. The van der Waals surface area contributed by atoms with Crippen LogP contribution in [0.3, 0.4) is 0 Å². The van der Waals surface area contributed by atoms with Gasteiger partial charge in [-0.2, -0.15) is 13.2 Å². The topological polar surface area (TPSA) is 37.4 Å². The van der Waals surface area contributed by atoms with Crippen LogP contribution >= 0.6 is 0 Å². The highest BCUT2D eigenvalue weighted by molar-refractivity contribution is 6.28. The SMILES string of the molecule is O=C1C=CC(=O)N1c1ccc(F)c(C(F)(F)F)c1. The van der Waals surface area contributed by atoms with Crippen molar-refractivity contribution in [1.29, 1.82) is 0 Å². The lowest BCUT2D eigenvalue weighted by atomic mass is 10.1. The second kappa shape index (κ2) is 3.94. The second-order valence-corrected chi connectivity index (χ2v) is 3.51. The largest absolute Gasteiger partial charge is 0.419 e. The quantitative estimate of drug-likeness (QED) is 0.573. The van der Waals surface area contributed by atoms with E-state index in [4.69, 9.17) is 0 Å². The number of nitrogens with zero attached hydrogens (tertiary/aromatic N) is 1. The number of benzene rings is 1. The van der Waals surface area contributed by atoms with Gasteiger partial charge in [0.15, 0.2) is 0 Å². The number of alkyl halides is 3. The molecule has 3 nitrogen and oxygen atoms in total. The molecular weight excluding hydrogens is 254 g/mol. The van der Waals surface area contributed by atoms with Crippen LogP contribution in [0.4, 0.5) is 23.2 Å². The van der Waals surface area contributed by atoms with Gasteiger partial charge in [0.2, 0.25) is 0 Å². The molecule has 1 aromatic rings. The van der Waals surface area contributed by atoms with E-state index >= 15 is 0 Å². The summed E-state index contributed by atoms with van der Waals surface area (Å²) in [5, 5.41) is 0. The Hall–Kier alpha value is -2.18. The molecule has 0 aromatic heterocycles. The molecule has 0 fully saturated rings. The molecule has 0 N–H and O–H groups in total. The van der Waals surface area contributed by atoms with E-state index in [2.05, 4.69) is 0 Å². The van der Waals surface area contributed by atoms with Gasteiger partial charge in [-0.15, -0.1) is 0 Å². The average molecular weight is 259 g/mol. The Balaban J connectivity index is 2.48. The van der Waals surface area contributed by atoms with Crippen LogP contribution in [0, 0.1) is 5.82 Å². The Labute approximate surface area is 98.3 Å². The molecule has 0 bridgehead atoms. The maximum Gasteiger partial charge on any atom is 0.419 e. The van der Waals surface area contributed by atoms with E-state index in [-0.39, 0.29) is 5.69 Å². The smallest absolute Gasteiger partial charge is 0.269 e. The van der Waals surface area contributed by atoms with Crippen LogP contribution in [0.25, 0.3) is 0 Å². The summed E-state index contributed by atoms with van der Waals surface area (Å²) in [5.41, 5.74) is -1.84. The normalized spacial score (nSPS) is 15.7. The van der Waals surface area contributed by atoms with Crippen molar-refractivity contribution in [2.24, 2.45) is 0 Å². The van der Waals surface area contributed by atoms with Gasteiger partial charge < -0.3 is 0 Å². The first kappa shape index (κ1) is 12.3. The molecule has 0 saturated heterocycles. The van der Waals surface area contributed by atoms with Crippen LogP contribution in [0.1, 0.15) is 5.56 Å². The highest BCUT2D eigenvalue weighted by atomic mass is 19.4. The van der Waals surface area contributed by atoms with Gasteiger partial charge >= 0.3 is 6.18 Å². The molecule has 1 aromatic carbocycles. The van der Waals surface area contributed by atoms with Gasteiger partial charge in [0.05, 0.1) is 11.3 Å². The molecule has 2 amide bonds. The van der Waals surface area contributed by atoms with E-state index < -0.39 is 29.4 Å². The summed E-state index contributed by atoms with van der Waals surface area (Å²) in [5.74, 6) is -2.99. The number of imide groups is 1. The first-order valence-electron chi connectivity index (χ1n) is 4.73. The number of hydrogen-bond donors (Lipinski definition) is 0. The van der Waals surface area contributed by atoms with Crippen molar-refractivity contribution in [1.82, 2.24) is 0 Å². The molecular formula is C11H5F4NO2. The first-order chi connectivity index (χ1) is 8.30. The number of carbonyl (C=O) groups is 2. The molecule has 94 valence electrons. The summed E-state index contributed by atoms with van der Waals surface area (Å²) < 4.78 is 50.4. The van der Waals surface area contributed by atoms with Crippen LogP contribution in [0.2, 0.25) is 0 Å². The molecule has 2 rings (SSSR count). The molecule has 1 aliphatic rings. The summed E-state index contributed by atoms with van der Waals surface area (Å²) in [6, 6.07) is 1.93. The van der Waals surface area contributed by atoms with Crippen LogP contribution in [0.5, 0.6) is 0 Å². The minimum Gasteiger partial charge on any atom is -0.269 e. The van der Waals surface area contributed by atoms with Gasteiger partial charge in [0.25, 0.3) is 11.8 Å². The molecule has 1 aliphatic heterocycles. The van der Waals surface area contributed by atoms with E-state index in [0.717, 1.165) is 18.2 Å². The fourth-order valence-electron chi connectivity index (χ4n) is 1.52. The van der Waals surface area contributed by atoms with Gasteiger partial charge in [-0.3, -0.25) is 9.59 Å². The molecule has 0 radical (unpaired) electrons. The van der Waals surface area contributed by atoms with E-state index in [1.165, 1.54) is 0 Å². The maximum absolute atomic E-state index is 13.0. The van der Waals surface area contributed by atoms with Gasteiger partial charge in [-0.25, -0.2) is 9.29 Å². The molecule has 0 saturated carbocycles. The third-order valence-corrected chi connectivity index (χ3v) is 2.32. The van der Waals surface area contributed by atoms with Crippen molar-refractivity contribution in [3.63, 3.8) is 0 Å². The molecule has 7 heteroatoms. The number of carbonyl (C=O) groups excluding carboxylic acids is 2. The number of hydrogen-bond acceptors (Lipinski definition) is 2. The molecule has 1 heterocycles. The lowest BCUT2D eigenvalue weighted by Crippen LogP contribution is -2.29. The monoisotopic (exact) mass is 259 g/mol. The predicted octanol–water partition coefficient (Wildman–Crippen LogP) is 2.27. The Morgan fingerprint density at radius 3 is 2.06 bits per heavy atom. The third kappa shape index (κ3) is 1.99. The second-order valence-electron chi connectivity index (χ2n) is 3.51. The van der Waals surface area contributed by atoms with Gasteiger partial charge in [-0.05, 0) is 18.2 Å². The van der Waals surface area contributed by atoms with Crippen LogP contribution in [-0.2, 0) is 15.8 Å². The van der Waals surface area contributed by atoms with Crippen LogP contribution in [-0.4, -0.2) is 11.8 Å². The Morgan fingerprint density at radius 2 is 1.56 bits per heavy atom. The summed E-state index contributed by atoms with van der Waals surface area (Å²) in [7, 11) is 0. The Kier molecular flexibility index (Phi) is 2.68. The minimum absolute atomic E-state index is 0.316. The van der Waals surface area contributed by atoms with Crippen LogP contribution in [0.15, 0.2) is 30.4 Å². The standard InChI is InChI=1S/C11H5F4NO2/c12-8-2-1-6(5-7(8)11(13,14)15)16-9(17)3-4-10(16)18/h1-5H. The van der Waals surface area contributed by atoms with Crippen molar-refractivity contribution < 1.29 is 27.2 Å². The fourth-order valence-corrected chi connectivity index (χ4v) is 1.52. The Bertz CT molecular complexity index is 545. The van der Waals surface area contributed by atoms with E-state index in [9.17, 15) is 27.2 Å². The summed E-state index contributed by atoms with van der Waals surface area (Å²) in [6.07, 6.45) is -3.03. The van der Waals surface area contributed by atoms with Gasteiger partial charge in [-0.1, -0.05) is 0 Å². The molecule has 0 atom stereocenters. The van der Waals surface area contributed by atoms with E-state index in [0.29, 0.717) is 17.0 Å². The average Bonchev–Trinajstić information content (AvgIpc) is 2.58. The zero-order chi connectivity index (χ0) is 13.5. The zero-order valence-corrected chi connectivity index (χ0v) is 8.66. The van der Waals surface area contributed by atoms with Crippen molar-refractivity contribution in [2.45, 2.75) is 6.18 Å². The van der Waals surface area contributed by atoms with Crippen LogP contribution < -0.4 is 4.90 Å². The first-order valence-corrected chi connectivity index (χ1v) is 4.73.